The molecule has 8 heteroatoms. The van der Waals surface area contributed by atoms with Crippen molar-refractivity contribution in [2.45, 2.75) is 4.90 Å². The van der Waals surface area contributed by atoms with Crippen LogP contribution in [0.3, 0.4) is 0 Å². The SMILES string of the molecule is CNC(=O)CN(c1cc(Cl)cc(Cl)c1)S(=O)(=O)c1ccccc1. The largest absolute Gasteiger partial charge is 0.358 e. The Morgan fingerprint density at radius 2 is 1.65 bits per heavy atom. The Kier molecular flexibility index (Phi) is 5.51. The summed E-state index contributed by atoms with van der Waals surface area (Å²) in [6, 6.07) is 12.2. The molecule has 0 heterocycles. The van der Waals surface area contributed by atoms with Crippen molar-refractivity contribution in [1.82, 2.24) is 5.32 Å². The maximum atomic E-state index is 12.9. The highest BCUT2D eigenvalue weighted by Gasteiger charge is 2.27. The highest BCUT2D eigenvalue weighted by atomic mass is 35.5. The summed E-state index contributed by atoms with van der Waals surface area (Å²) in [6.07, 6.45) is 0. The van der Waals surface area contributed by atoms with Crippen molar-refractivity contribution < 1.29 is 13.2 Å². The molecule has 0 aromatic heterocycles. The van der Waals surface area contributed by atoms with Gasteiger partial charge in [-0.15, -0.1) is 0 Å². The summed E-state index contributed by atoms with van der Waals surface area (Å²) in [7, 11) is -2.51. The number of nitrogens with zero attached hydrogens (tertiary/aromatic N) is 1. The molecular weight excluding hydrogens is 359 g/mol. The zero-order valence-electron chi connectivity index (χ0n) is 12.2. The first-order valence-corrected chi connectivity index (χ1v) is 8.78. The first-order chi connectivity index (χ1) is 10.8. The predicted molar refractivity (Wildman–Crippen MR) is 91.5 cm³/mol. The minimum absolute atomic E-state index is 0.0694. The van der Waals surface area contributed by atoms with Crippen LogP contribution in [0.5, 0.6) is 0 Å². The van der Waals surface area contributed by atoms with E-state index in [9.17, 15) is 13.2 Å². The van der Waals surface area contributed by atoms with Crippen LogP contribution in [0.1, 0.15) is 0 Å². The van der Waals surface area contributed by atoms with E-state index in [4.69, 9.17) is 23.2 Å². The van der Waals surface area contributed by atoms with Gasteiger partial charge in [0.15, 0.2) is 0 Å². The van der Waals surface area contributed by atoms with Gasteiger partial charge in [-0.1, -0.05) is 41.4 Å². The summed E-state index contributed by atoms with van der Waals surface area (Å²) in [5.74, 6) is -0.458. The van der Waals surface area contributed by atoms with Crippen LogP contribution in [-0.4, -0.2) is 27.9 Å². The van der Waals surface area contributed by atoms with Crippen LogP contribution >= 0.6 is 23.2 Å². The van der Waals surface area contributed by atoms with E-state index in [0.29, 0.717) is 0 Å². The van der Waals surface area contributed by atoms with Crippen LogP contribution in [0.25, 0.3) is 0 Å². The molecule has 2 aromatic carbocycles. The Hall–Kier alpha value is -1.76. The smallest absolute Gasteiger partial charge is 0.264 e. The van der Waals surface area contributed by atoms with E-state index >= 15 is 0 Å². The van der Waals surface area contributed by atoms with Gasteiger partial charge in [-0.2, -0.15) is 0 Å². The van der Waals surface area contributed by atoms with Gasteiger partial charge in [0.1, 0.15) is 6.54 Å². The number of amides is 1. The zero-order chi connectivity index (χ0) is 17.0. The number of hydrogen-bond acceptors (Lipinski definition) is 3. The molecule has 1 amide bonds. The molecule has 23 heavy (non-hydrogen) atoms. The van der Waals surface area contributed by atoms with Crippen LogP contribution in [0.4, 0.5) is 5.69 Å². The Morgan fingerprint density at radius 1 is 1.09 bits per heavy atom. The van der Waals surface area contributed by atoms with Crippen molar-refractivity contribution in [2.75, 3.05) is 17.9 Å². The van der Waals surface area contributed by atoms with Crippen LogP contribution in [0.2, 0.25) is 10.0 Å². The average molecular weight is 373 g/mol. The van der Waals surface area contributed by atoms with Crippen LogP contribution < -0.4 is 9.62 Å². The lowest BCUT2D eigenvalue weighted by Gasteiger charge is -2.24. The first kappa shape index (κ1) is 17.6. The van der Waals surface area contributed by atoms with Crippen LogP contribution in [0, 0.1) is 0 Å². The molecule has 0 fully saturated rings. The minimum Gasteiger partial charge on any atom is -0.358 e. The van der Waals surface area contributed by atoms with Gasteiger partial charge >= 0.3 is 0 Å². The van der Waals surface area contributed by atoms with Gasteiger partial charge in [0.2, 0.25) is 5.91 Å². The van der Waals surface area contributed by atoms with Gasteiger partial charge in [0.25, 0.3) is 10.0 Å². The second-order valence-corrected chi connectivity index (χ2v) is 7.36. The average Bonchev–Trinajstić information content (AvgIpc) is 2.52. The number of anilines is 1. The van der Waals surface area contributed by atoms with Crippen LogP contribution in [0.15, 0.2) is 53.4 Å². The van der Waals surface area contributed by atoms with Crippen LogP contribution in [-0.2, 0) is 14.8 Å². The van der Waals surface area contributed by atoms with Crippen molar-refractivity contribution >= 4 is 44.8 Å². The lowest BCUT2D eigenvalue weighted by molar-refractivity contribution is -0.119. The fraction of sp³-hybridized carbons (Fsp3) is 0.133. The van der Waals surface area contributed by atoms with Gasteiger partial charge in [0, 0.05) is 17.1 Å². The maximum Gasteiger partial charge on any atom is 0.264 e. The molecule has 0 aliphatic rings. The van der Waals surface area contributed by atoms with Crippen molar-refractivity contribution in [2.24, 2.45) is 0 Å². The lowest BCUT2D eigenvalue weighted by Crippen LogP contribution is -2.39. The van der Waals surface area contributed by atoms with E-state index in [1.54, 1.807) is 18.2 Å². The Morgan fingerprint density at radius 3 is 2.17 bits per heavy atom. The molecule has 0 bridgehead atoms. The zero-order valence-corrected chi connectivity index (χ0v) is 14.5. The third-order valence-corrected chi connectivity index (χ3v) is 5.26. The molecule has 0 spiro atoms. The van der Waals surface area contributed by atoms with Gasteiger partial charge in [-0.25, -0.2) is 8.42 Å². The van der Waals surface area contributed by atoms with Gasteiger partial charge in [-0.3, -0.25) is 9.10 Å². The molecule has 0 saturated carbocycles. The number of likely N-dealkylation sites (N-methyl/N-ethyl adjacent to an activating group) is 1. The Labute approximate surface area is 144 Å². The summed E-state index contributed by atoms with van der Waals surface area (Å²) < 4.78 is 26.7. The van der Waals surface area contributed by atoms with E-state index in [1.165, 1.54) is 37.4 Å². The molecule has 0 radical (unpaired) electrons. The number of nitrogens with one attached hydrogen (secondary N) is 1. The van der Waals surface area contributed by atoms with Crippen molar-refractivity contribution in [1.29, 1.82) is 0 Å². The fourth-order valence-electron chi connectivity index (χ4n) is 1.93. The first-order valence-electron chi connectivity index (χ1n) is 6.59. The third-order valence-electron chi connectivity index (χ3n) is 3.03. The predicted octanol–water partition coefficient (Wildman–Crippen LogP) is 2.93. The fourth-order valence-corrected chi connectivity index (χ4v) is 3.87. The molecule has 0 saturated heterocycles. The molecule has 1 N–H and O–H groups in total. The highest BCUT2D eigenvalue weighted by molar-refractivity contribution is 7.92. The summed E-state index contributed by atoms with van der Waals surface area (Å²) in [5, 5.41) is 2.96. The molecule has 0 aliphatic carbocycles. The molecule has 2 aromatic rings. The standard InChI is InChI=1S/C15H14Cl2N2O3S/c1-18-15(20)10-19(13-8-11(16)7-12(17)9-13)23(21,22)14-5-3-2-4-6-14/h2-9H,10H2,1H3,(H,18,20). The normalized spacial score (nSPS) is 11.1. The maximum absolute atomic E-state index is 12.9. The van der Waals surface area contributed by atoms with E-state index < -0.39 is 15.9 Å². The van der Waals surface area contributed by atoms with E-state index in [0.717, 1.165) is 4.31 Å². The van der Waals surface area contributed by atoms with Crippen molar-refractivity contribution in [3.63, 3.8) is 0 Å². The lowest BCUT2D eigenvalue weighted by atomic mass is 10.3. The molecule has 0 unspecified atom stereocenters. The molecular formula is C15H14Cl2N2O3S. The second kappa shape index (κ2) is 7.21. The second-order valence-electron chi connectivity index (χ2n) is 4.63. The van der Waals surface area contributed by atoms with Gasteiger partial charge < -0.3 is 5.32 Å². The summed E-state index contributed by atoms with van der Waals surface area (Å²) in [4.78, 5) is 11.8. The van der Waals surface area contributed by atoms with E-state index in [1.807, 2.05) is 0 Å². The third kappa shape index (κ3) is 4.16. The number of carbonyl (C=O) groups excluding carboxylic acids is 1. The molecule has 0 aliphatic heterocycles. The number of hydrogen-bond donors (Lipinski definition) is 1. The quantitative estimate of drug-likeness (QED) is 0.877. The molecule has 0 atom stereocenters. The molecule has 122 valence electrons. The van der Waals surface area contributed by atoms with Crippen molar-refractivity contribution in [3.05, 3.63) is 58.6 Å². The number of rotatable bonds is 5. The minimum atomic E-state index is -3.94. The van der Waals surface area contributed by atoms with E-state index in [-0.39, 0.29) is 27.2 Å². The molecule has 2 rings (SSSR count). The molecule has 5 nitrogen and oxygen atoms in total. The number of carbonyl (C=O) groups is 1. The van der Waals surface area contributed by atoms with Gasteiger partial charge in [-0.05, 0) is 30.3 Å². The topological polar surface area (TPSA) is 66.5 Å². The number of sulfonamides is 1. The monoisotopic (exact) mass is 372 g/mol. The van der Waals surface area contributed by atoms with Gasteiger partial charge in [0.05, 0.1) is 10.6 Å². The van der Waals surface area contributed by atoms with Crippen molar-refractivity contribution in [3.8, 4) is 0 Å². The van der Waals surface area contributed by atoms with E-state index in [2.05, 4.69) is 5.32 Å². The highest BCUT2D eigenvalue weighted by Crippen LogP contribution is 2.29. The summed E-state index contributed by atoms with van der Waals surface area (Å²) >= 11 is 11.9. The Balaban J connectivity index is 2.56. The number of halogens is 2. The summed E-state index contributed by atoms with van der Waals surface area (Å²) in [5.41, 5.74) is 0.218. The number of benzene rings is 2. The Bertz CT molecular complexity index is 790. The summed E-state index contributed by atoms with van der Waals surface area (Å²) in [6.45, 7) is -0.385.